The Morgan fingerprint density at radius 2 is 1.48 bits per heavy atom. The smallest absolute Gasteiger partial charge is 0.188 e. The lowest BCUT2D eigenvalue weighted by Gasteiger charge is -2.17. The van der Waals surface area contributed by atoms with E-state index in [2.05, 4.69) is 34.0 Å². The van der Waals surface area contributed by atoms with E-state index in [1.807, 2.05) is 11.8 Å². The molecule has 0 spiro atoms. The van der Waals surface area contributed by atoms with Gasteiger partial charge in [-0.05, 0) is 30.9 Å². The standard InChI is InChI=1S/C22H44OS2/c1-6-7-8-10-13-16-20(24-5)19-25-21(23)17-14-11-9-12-15-18-22(2,3)4/h20H,6-19H2,1-5H3. The summed E-state index contributed by atoms with van der Waals surface area (Å²) in [5, 5.41) is 1.08. The van der Waals surface area contributed by atoms with E-state index in [0.717, 1.165) is 18.6 Å². The first-order valence-electron chi connectivity index (χ1n) is 10.6. The molecule has 0 radical (unpaired) electrons. The summed E-state index contributed by atoms with van der Waals surface area (Å²) in [5.41, 5.74) is 0.469. The van der Waals surface area contributed by atoms with Gasteiger partial charge in [0.1, 0.15) is 0 Å². The highest BCUT2D eigenvalue weighted by Crippen LogP contribution is 2.24. The van der Waals surface area contributed by atoms with Crippen molar-refractivity contribution in [2.45, 2.75) is 116 Å². The molecule has 0 bridgehead atoms. The Balaban J connectivity index is 3.54. The summed E-state index contributed by atoms with van der Waals surface area (Å²) in [6.45, 7) is 9.21. The lowest BCUT2D eigenvalue weighted by Crippen LogP contribution is -2.08. The van der Waals surface area contributed by atoms with Gasteiger partial charge >= 0.3 is 0 Å². The first-order chi connectivity index (χ1) is 11.9. The molecular weight excluding hydrogens is 344 g/mol. The van der Waals surface area contributed by atoms with Gasteiger partial charge in [-0.15, -0.1) is 0 Å². The number of unbranched alkanes of at least 4 members (excludes halogenated alkanes) is 8. The largest absolute Gasteiger partial charge is 0.287 e. The van der Waals surface area contributed by atoms with Crippen LogP contribution in [0.3, 0.4) is 0 Å². The molecule has 150 valence electrons. The molecule has 0 saturated carbocycles. The van der Waals surface area contributed by atoms with Crippen LogP contribution in [0.2, 0.25) is 0 Å². The highest BCUT2D eigenvalue weighted by atomic mass is 32.2. The molecule has 0 aromatic carbocycles. The third kappa shape index (κ3) is 18.9. The number of hydrogen-bond acceptors (Lipinski definition) is 3. The van der Waals surface area contributed by atoms with Crippen molar-refractivity contribution in [3.8, 4) is 0 Å². The molecule has 0 aromatic rings. The molecule has 0 rings (SSSR count). The maximum absolute atomic E-state index is 12.1. The third-order valence-electron chi connectivity index (χ3n) is 4.70. The van der Waals surface area contributed by atoms with Crippen molar-refractivity contribution in [1.82, 2.24) is 0 Å². The van der Waals surface area contributed by atoms with E-state index < -0.39 is 0 Å². The maximum atomic E-state index is 12.1. The van der Waals surface area contributed by atoms with Gasteiger partial charge in [0.05, 0.1) is 0 Å². The molecule has 0 fully saturated rings. The normalized spacial score (nSPS) is 13.2. The van der Waals surface area contributed by atoms with Gasteiger partial charge in [0, 0.05) is 17.4 Å². The van der Waals surface area contributed by atoms with Gasteiger partial charge in [0.25, 0.3) is 0 Å². The highest BCUT2D eigenvalue weighted by Gasteiger charge is 2.11. The minimum absolute atomic E-state index is 0.416. The molecule has 0 aliphatic heterocycles. The predicted octanol–water partition coefficient (Wildman–Crippen LogP) is 8.12. The molecule has 0 saturated heterocycles. The number of carbonyl (C=O) groups excluding carboxylic acids is 1. The predicted molar refractivity (Wildman–Crippen MR) is 120 cm³/mol. The SMILES string of the molecule is CCCCCCCC(CSC(=O)CCCCCCCC(C)(C)C)SC. The van der Waals surface area contributed by atoms with E-state index in [9.17, 15) is 4.79 Å². The second-order valence-corrected chi connectivity index (χ2v) is 10.8. The van der Waals surface area contributed by atoms with Crippen LogP contribution in [0.25, 0.3) is 0 Å². The summed E-state index contributed by atoms with van der Waals surface area (Å²) in [6.07, 6.45) is 18.6. The van der Waals surface area contributed by atoms with Crippen molar-refractivity contribution >= 4 is 28.6 Å². The van der Waals surface area contributed by atoms with Crippen molar-refractivity contribution in [1.29, 1.82) is 0 Å². The summed E-state index contributed by atoms with van der Waals surface area (Å²) in [7, 11) is 0. The fourth-order valence-electron chi connectivity index (χ4n) is 2.96. The average Bonchev–Trinajstić information content (AvgIpc) is 2.55. The van der Waals surface area contributed by atoms with E-state index in [4.69, 9.17) is 0 Å². The van der Waals surface area contributed by atoms with Gasteiger partial charge in [-0.25, -0.2) is 0 Å². The van der Waals surface area contributed by atoms with Gasteiger partial charge < -0.3 is 0 Å². The van der Waals surface area contributed by atoms with Gasteiger partial charge in [-0.2, -0.15) is 11.8 Å². The Morgan fingerprint density at radius 1 is 0.880 bits per heavy atom. The van der Waals surface area contributed by atoms with Crippen LogP contribution in [-0.4, -0.2) is 22.4 Å². The van der Waals surface area contributed by atoms with Crippen molar-refractivity contribution < 1.29 is 4.79 Å². The molecule has 0 aromatic heterocycles. The second kappa shape index (κ2) is 16.5. The maximum Gasteiger partial charge on any atom is 0.188 e. The summed E-state index contributed by atoms with van der Waals surface area (Å²) < 4.78 is 0. The van der Waals surface area contributed by atoms with Crippen LogP contribution in [0.5, 0.6) is 0 Å². The highest BCUT2D eigenvalue weighted by molar-refractivity contribution is 8.14. The van der Waals surface area contributed by atoms with Crippen LogP contribution in [0.15, 0.2) is 0 Å². The monoisotopic (exact) mass is 388 g/mol. The molecule has 0 N–H and O–H groups in total. The van der Waals surface area contributed by atoms with E-state index >= 15 is 0 Å². The molecule has 25 heavy (non-hydrogen) atoms. The molecule has 0 heterocycles. The van der Waals surface area contributed by atoms with Crippen LogP contribution >= 0.6 is 23.5 Å². The molecule has 1 atom stereocenters. The quantitative estimate of drug-likeness (QED) is 0.248. The fourth-order valence-corrected chi connectivity index (χ4v) is 4.94. The molecule has 0 amide bonds. The minimum atomic E-state index is 0.416. The van der Waals surface area contributed by atoms with Gasteiger partial charge in [0.2, 0.25) is 0 Å². The van der Waals surface area contributed by atoms with Crippen molar-refractivity contribution in [2.24, 2.45) is 5.41 Å². The van der Waals surface area contributed by atoms with E-state index in [1.165, 1.54) is 70.6 Å². The summed E-state index contributed by atoms with van der Waals surface area (Å²) in [5.74, 6) is 1.01. The van der Waals surface area contributed by atoms with Crippen LogP contribution in [0.1, 0.15) is 111 Å². The first-order valence-corrected chi connectivity index (χ1v) is 12.8. The number of carbonyl (C=O) groups is 1. The van der Waals surface area contributed by atoms with Crippen LogP contribution in [-0.2, 0) is 4.79 Å². The number of hydrogen-bond donors (Lipinski definition) is 0. The Labute approximate surface area is 167 Å². The number of rotatable bonds is 16. The molecular formula is C22H44OS2. The average molecular weight is 389 g/mol. The summed E-state index contributed by atoms with van der Waals surface area (Å²) in [4.78, 5) is 12.1. The van der Waals surface area contributed by atoms with Crippen molar-refractivity contribution in [3.05, 3.63) is 0 Å². The Kier molecular flexibility index (Phi) is 16.8. The zero-order valence-corrected chi connectivity index (χ0v) is 19.3. The molecule has 0 aliphatic rings. The molecule has 1 nitrogen and oxygen atoms in total. The van der Waals surface area contributed by atoms with E-state index in [1.54, 1.807) is 11.8 Å². The Hall–Kier alpha value is 0.370. The third-order valence-corrected chi connectivity index (χ3v) is 7.08. The zero-order valence-electron chi connectivity index (χ0n) is 17.7. The Bertz CT molecular complexity index is 310. The minimum Gasteiger partial charge on any atom is -0.287 e. The Morgan fingerprint density at radius 3 is 2.12 bits per heavy atom. The fraction of sp³-hybridized carbons (Fsp3) is 0.955. The van der Waals surface area contributed by atoms with E-state index in [0.29, 0.717) is 15.8 Å². The van der Waals surface area contributed by atoms with Gasteiger partial charge in [-0.1, -0.05) is 97.2 Å². The van der Waals surface area contributed by atoms with Crippen LogP contribution < -0.4 is 0 Å². The summed E-state index contributed by atoms with van der Waals surface area (Å²) in [6, 6.07) is 0. The molecule has 3 heteroatoms. The molecule has 1 unspecified atom stereocenters. The van der Waals surface area contributed by atoms with E-state index in [-0.39, 0.29) is 0 Å². The van der Waals surface area contributed by atoms with Gasteiger partial charge in [-0.3, -0.25) is 4.79 Å². The lowest BCUT2D eigenvalue weighted by molar-refractivity contribution is -0.111. The second-order valence-electron chi connectivity index (χ2n) is 8.57. The first kappa shape index (κ1) is 25.4. The molecule has 0 aliphatic carbocycles. The van der Waals surface area contributed by atoms with Crippen molar-refractivity contribution in [3.63, 3.8) is 0 Å². The van der Waals surface area contributed by atoms with Crippen LogP contribution in [0.4, 0.5) is 0 Å². The lowest BCUT2D eigenvalue weighted by atomic mass is 9.89. The van der Waals surface area contributed by atoms with Crippen molar-refractivity contribution in [2.75, 3.05) is 12.0 Å². The topological polar surface area (TPSA) is 17.1 Å². The summed E-state index contributed by atoms with van der Waals surface area (Å²) >= 11 is 3.53. The van der Waals surface area contributed by atoms with Gasteiger partial charge in [0.15, 0.2) is 5.12 Å². The zero-order chi connectivity index (χ0) is 19.0. The number of thioether (sulfide) groups is 2. The van der Waals surface area contributed by atoms with Crippen LogP contribution in [0, 0.1) is 5.41 Å².